The summed E-state index contributed by atoms with van der Waals surface area (Å²) < 4.78 is 64.8. The van der Waals surface area contributed by atoms with Crippen LogP contribution in [-0.4, -0.2) is 87.1 Å². The average Bonchev–Trinajstić information content (AvgIpc) is 3.79. The molecule has 11 nitrogen and oxygen atoms in total. The number of sulfone groups is 1. The van der Waals surface area contributed by atoms with Gasteiger partial charge in [0.1, 0.15) is 23.4 Å². The third-order valence-corrected chi connectivity index (χ3v) is 12.6. The maximum Gasteiger partial charge on any atom is 0.248 e. The topological polar surface area (TPSA) is 155 Å². The first-order valence-corrected chi connectivity index (χ1v) is 17.2. The van der Waals surface area contributed by atoms with Gasteiger partial charge in [-0.2, -0.15) is 4.31 Å². The molecule has 3 heterocycles. The first-order valence-electron chi connectivity index (χ1n) is 14.2. The van der Waals surface area contributed by atoms with E-state index in [1.54, 1.807) is 42.5 Å². The number of aromatic nitrogens is 1. The molecule has 0 bridgehead atoms. The van der Waals surface area contributed by atoms with Crippen LogP contribution in [0.4, 0.5) is 0 Å². The van der Waals surface area contributed by atoms with E-state index in [0.29, 0.717) is 55.4 Å². The molecule has 3 fully saturated rings. The predicted molar refractivity (Wildman–Crippen MR) is 156 cm³/mol. The Labute approximate surface area is 244 Å². The molecular formula is C29H35N3O8S2. The Hall–Kier alpha value is -2.81. The monoisotopic (exact) mass is 617 g/mol. The molecule has 3 aliphatic rings. The van der Waals surface area contributed by atoms with Gasteiger partial charge >= 0.3 is 0 Å². The zero-order valence-electron chi connectivity index (χ0n) is 23.1. The van der Waals surface area contributed by atoms with Crippen molar-refractivity contribution < 1.29 is 31.4 Å². The number of hydrogen-bond acceptors (Lipinski definition) is 9. The molecular weight excluding hydrogens is 582 g/mol. The van der Waals surface area contributed by atoms with E-state index in [0.717, 1.165) is 0 Å². The lowest BCUT2D eigenvalue weighted by Crippen LogP contribution is -2.47. The number of nitrogens with one attached hydrogen (secondary N) is 2. The highest BCUT2D eigenvalue weighted by Gasteiger charge is 2.45. The van der Waals surface area contributed by atoms with Gasteiger partial charge in [-0.1, -0.05) is 18.2 Å². The summed E-state index contributed by atoms with van der Waals surface area (Å²) in [5, 5.41) is 13.8. The summed E-state index contributed by atoms with van der Waals surface area (Å²) in [5.41, 5.74) is -0.388. The standard InChI is InChI=1S/C29H35N3O8S2/c33-21(19-39-22-4-3-5-24(14-22)41(35,36)23-8-9-23)16-30-20-15-29(40-18-20)10-12-32(13-11-29)42(37,38)27-17-31-26-7-2-1-6-25(26)28(27)34/h1-7,14,17,20-21,23,30,33H,8-13,15-16,18-19H2,(H,31,34)/t20-,21?/m1/s1. The molecule has 1 spiro atoms. The highest BCUT2D eigenvalue weighted by molar-refractivity contribution is 7.92. The number of H-pyrrole nitrogens is 1. The molecule has 3 aromatic rings. The summed E-state index contributed by atoms with van der Waals surface area (Å²) in [6.45, 7) is 1.18. The third kappa shape index (κ3) is 5.86. The van der Waals surface area contributed by atoms with Gasteiger partial charge in [-0.3, -0.25) is 4.79 Å². The maximum atomic E-state index is 13.3. The van der Waals surface area contributed by atoms with E-state index in [2.05, 4.69) is 10.3 Å². The number of hydrogen-bond donors (Lipinski definition) is 3. The Bertz CT molecular complexity index is 1730. The van der Waals surface area contributed by atoms with Crippen LogP contribution in [0.15, 0.2) is 69.3 Å². The molecule has 226 valence electrons. The first kappa shape index (κ1) is 29.3. The second kappa shape index (κ2) is 11.4. The number of ether oxygens (including phenoxy) is 2. The van der Waals surface area contributed by atoms with Gasteiger partial charge < -0.3 is 24.9 Å². The van der Waals surface area contributed by atoms with Crippen molar-refractivity contribution in [1.82, 2.24) is 14.6 Å². The van der Waals surface area contributed by atoms with Crippen molar-refractivity contribution in [1.29, 1.82) is 0 Å². The van der Waals surface area contributed by atoms with E-state index in [-0.39, 0.29) is 47.3 Å². The minimum Gasteiger partial charge on any atom is -0.491 e. The number of aliphatic hydroxyl groups is 1. The number of fused-ring (bicyclic) bond motifs is 1. The van der Waals surface area contributed by atoms with Gasteiger partial charge in [0.05, 0.1) is 22.4 Å². The summed E-state index contributed by atoms with van der Waals surface area (Å²) in [6.07, 6.45) is 3.51. The Balaban J connectivity index is 0.986. The second-order valence-corrected chi connectivity index (χ2v) is 15.6. The van der Waals surface area contributed by atoms with Gasteiger partial charge in [0, 0.05) is 42.8 Å². The zero-order valence-corrected chi connectivity index (χ0v) is 24.7. The van der Waals surface area contributed by atoms with Crippen LogP contribution in [0.25, 0.3) is 10.9 Å². The number of aromatic amines is 1. The number of rotatable bonds is 10. The first-order chi connectivity index (χ1) is 20.1. The van der Waals surface area contributed by atoms with Crippen LogP contribution in [-0.2, 0) is 24.6 Å². The summed E-state index contributed by atoms with van der Waals surface area (Å²) in [6, 6.07) is 13.2. The number of pyridine rings is 1. The Kier molecular flexibility index (Phi) is 7.92. The van der Waals surface area contributed by atoms with E-state index in [4.69, 9.17) is 9.47 Å². The molecule has 3 N–H and O–H groups in total. The normalized spacial score (nSPS) is 22.0. The lowest BCUT2D eigenvalue weighted by Gasteiger charge is -2.37. The predicted octanol–water partition coefficient (Wildman–Crippen LogP) is 1.81. The van der Waals surface area contributed by atoms with Crippen LogP contribution in [0.5, 0.6) is 5.75 Å². The van der Waals surface area contributed by atoms with Crippen molar-refractivity contribution in [2.45, 2.75) is 64.9 Å². The van der Waals surface area contributed by atoms with Crippen LogP contribution in [0.1, 0.15) is 32.1 Å². The van der Waals surface area contributed by atoms with Gasteiger partial charge in [-0.05, 0) is 62.4 Å². The van der Waals surface area contributed by atoms with Crippen molar-refractivity contribution in [3.63, 3.8) is 0 Å². The zero-order chi connectivity index (χ0) is 29.5. The summed E-state index contributed by atoms with van der Waals surface area (Å²) in [5.74, 6) is 0.395. The molecule has 2 aromatic carbocycles. The Morgan fingerprint density at radius 1 is 1.10 bits per heavy atom. The number of piperidine rings is 1. The average molecular weight is 618 g/mol. The number of para-hydroxylation sites is 1. The fourth-order valence-corrected chi connectivity index (χ4v) is 8.99. The number of benzene rings is 2. The minimum absolute atomic E-state index is 0.000623. The molecule has 6 rings (SSSR count). The van der Waals surface area contributed by atoms with E-state index in [1.807, 2.05) is 0 Å². The number of aliphatic hydroxyl groups excluding tert-OH is 1. The van der Waals surface area contributed by atoms with Crippen LogP contribution in [0.3, 0.4) is 0 Å². The fourth-order valence-electron chi connectivity index (χ4n) is 5.80. The van der Waals surface area contributed by atoms with Gasteiger partial charge in [-0.25, -0.2) is 16.8 Å². The molecule has 1 unspecified atom stereocenters. The SMILES string of the molecule is O=c1c(S(=O)(=O)N2CCC3(CC2)C[C@@H](NCC(O)COc2cccc(S(=O)(=O)C4CC4)c2)CO3)c[nH]c2ccccc12. The van der Waals surface area contributed by atoms with Crippen LogP contribution < -0.4 is 15.5 Å². The molecule has 1 aromatic heterocycles. The molecule has 1 aliphatic carbocycles. The van der Waals surface area contributed by atoms with E-state index in [1.165, 1.54) is 16.6 Å². The second-order valence-electron chi connectivity index (χ2n) is 11.4. The van der Waals surface area contributed by atoms with Crippen molar-refractivity contribution in [2.75, 3.05) is 32.8 Å². The van der Waals surface area contributed by atoms with Gasteiger partial charge in [0.25, 0.3) is 0 Å². The molecule has 0 radical (unpaired) electrons. The Morgan fingerprint density at radius 3 is 2.62 bits per heavy atom. The van der Waals surface area contributed by atoms with Gasteiger partial charge in [0.15, 0.2) is 9.84 Å². The van der Waals surface area contributed by atoms with E-state index < -0.39 is 37.0 Å². The fraction of sp³-hybridized carbons (Fsp3) is 0.483. The van der Waals surface area contributed by atoms with Crippen LogP contribution >= 0.6 is 0 Å². The molecule has 2 aliphatic heterocycles. The molecule has 0 amide bonds. The van der Waals surface area contributed by atoms with E-state index >= 15 is 0 Å². The lowest BCUT2D eigenvalue weighted by atomic mass is 9.88. The molecule has 1 saturated carbocycles. The number of sulfonamides is 1. The summed E-state index contributed by atoms with van der Waals surface area (Å²) >= 11 is 0. The highest BCUT2D eigenvalue weighted by atomic mass is 32.2. The van der Waals surface area contributed by atoms with Crippen LogP contribution in [0.2, 0.25) is 0 Å². The quantitative estimate of drug-likeness (QED) is 0.309. The minimum atomic E-state index is -3.97. The van der Waals surface area contributed by atoms with Crippen molar-refractivity contribution >= 4 is 30.8 Å². The smallest absolute Gasteiger partial charge is 0.248 e. The summed E-state index contributed by atoms with van der Waals surface area (Å²) in [7, 11) is -7.29. The molecule has 2 atom stereocenters. The van der Waals surface area contributed by atoms with Gasteiger partial charge in [-0.15, -0.1) is 0 Å². The van der Waals surface area contributed by atoms with Crippen molar-refractivity contribution in [3.8, 4) is 5.75 Å². The third-order valence-electron chi connectivity index (χ3n) is 8.40. The molecule has 2 saturated heterocycles. The lowest BCUT2D eigenvalue weighted by molar-refractivity contribution is -0.0312. The molecule has 42 heavy (non-hydrogen) atoms. The molecule has 13 heteroatoms. The summed E-state index contributed by atoms with van der Waals surface area (Å²) in [4.78, 5) is 15.8. The largest absolute Gasteiger partial charge is 0.491 e. The van der Waals surface area contributed by atoms with Crippen LogP contribution in [0, 0.1) is 0 Å². The Morgan fingerprint density at radius 2 is 1.86 bits per heavy atom. The van der Waals surface area contributed by atoms with E-state index in [9.17, 15) is 26.7 Å². The van der Waals surface area contributed by atoms with Crippen molar-refractivity contribution in [2.24, 2.45) is 0 Å². The highest BCUT2D eigenvalue weighted by Crippen LogP contribution is 2.37. The number of nitrogens with zero attached hydrogens (tertiary/aromatic N) is 1. The maximum absolute atomic E-state index is 13.3. The van der Waals surface area contributed by atoms with Crippen molar-refractivity contribution in [3.05, 3.63) is 65.0 Å². The van der Waals surface area contributed by atoms with Gasteiger partial charge in [0.2, 0.25) is 15.5 Å².